The highest BCUT2D eigenvalue weighted by Crippen LogP contribution is 2.32. The summed E-state index contributed by atoms with van der Waals surface area (Å²) in [6, 6.07) is 12.5. The molecule has 1 aliphatic rings. The third-order valence-corrected chi connectivity index (χ3v) is 3.25. The van der Waals surface area contributed by atoms with Gasteiger partial charge < -0.3 is 19.5 Å². The maximum atomic E-state index is 12.0. The van der Waals surface area contributed by atoms with E-state index in [0.29, 0.717) is 22.9 Å². The van der Waals surface area contributed by atoms with Gasteiger partial charge >= 0.3 is 0 Å². The van der Waals surface area contributed by atoms with Crippen LogP contribution in [0.3, 0.4) is 0 Å². The predicted octanol–water partition coefficient (Wildman–Crippen LogP) is 3.08. The number of rotatable bonds is 5. The van der Waals surface area contributed by atoms with Crippen molar-refractivity contribution in [2.75, 3.05) is 18.7 Å². The fourth-order valence-electron chi connectivity index (χ4n) is 2.16. The zero-order valence-corrected chi connectivity index (χ0v) is 12.8. The van der Waals surface area contributed by atoms with Crippen LogP contribution >= 0.6 is 0 Å². The molecule has 0 fully saturated rings. The fraction of sp³-hybridized carbons (Fsp3) is 0.105. The van der Waals surface area contributed by atoms with E-state index in [1.54, 1.807) is 30.3 Å². The van der Waals surface area contributed by atoms with Gasteiger partial charge in [0.2, 0.25) is 12.7 Å². The summed E-state index contributed by atoms with van der Waals surface area (Å²) in [5.41, 5.74) is 1.48. The van der Waals surface area contributed by atoms with E-state index in [2.05, 4.69) is 11.2 Å². The Balaban J connectivity index is 1.62. The number of fused-ring (bicyclic) bond motifs is 1. The minimum absolute atomic E-state index is 0.182. The Morgan fingerprint density at radius 3 is 3.00 bits per heavy atom. The number of carbonyl (C=O) groups is 1. The van der Waals surface area contributed by atoms with Gasteiger partial charge in [0, 0.05) is 17.8 Å². The SMILES string of the molecule is C#CCOc1cccc(NC(=O)C=Cc2ccc3c(c2)OCO3)c1. The van der Waals surface area contributed by atoms with Crippen molar-refractivity contribution in [2.45, 2.75) is 0 Å². The van der Waals surface area contributed by atoms with Gasteiger partial charge in [-0.25, -0.2) is 0 Å². The third-order valence-electron chi connectivity index (χ3n) is 3.25. The van der Waals surface area contributed by atoms with E-state index in [-0.39, 0.29) is 19.3 Å². The lowest BCUT2D eigenvalue weighted by atomic mass is 10.2. The molecule has 0 saturated heterocycles. The summed E-state index contributed by atoms with van der Waals surface area (Å²) >= 11 is 0. The molecule has 1 heterocycles. The molecule has 1 amide bonds. The lowest BCUT2D eigenvalue weighted by molar-refractivity contribution is -0.111. The Labute approximate surface area is 139 Å². The number of terminal acetylenes is 1. The van der Waals surface area contributed by atoms with Crippen molar-refractivity contribution < 1.29 is 19.0 Å². The second kappa shape index (κ2) is 7.25. The summed E-state index contributed by atoms with van der Waals surface area (Å²) in [4.78, 5) is 12.0. The van der Waals surface area contributed by atoms with E-state index in [1.807, 2.05) is 18.2 Å². The van der Waals surface area contributed by atoms with Crippen molar-refractivity contribution >= 4 is 17.7 Å². The minimum Gasteiger partial charge on any atom is -0.481 e. The Kier molecular flexibility index (Phi) is 4.68. The zero-order chi connectivity index (χ0) is 16.8. The highest BCUT2D eigenvalue weighted by Gasteiger charge is 2.12. The molecule has 0 atom stereocenters. The average Bonchev–Trinajstić information content (AvgIpc) is 3.06. The second-order valence-corrected chi connectivity index (χ2v) is 4.96. The van der Waals surface area contributed by atoms with Crippen LogP contribution in [0, 0.1) is 12.3 Å². The Morgan fingerprint density at radius 2 is 2.12 bits per heavy atom. The number of hydrogen-bond donors (Lipinski definition) is 1. The van der Waals surface area contributed by atoms with Gasteiger partial charge in [0.1, 0.15) is 12.4 Å². The van der Waals surface area contributed by atoms with Crippen LogP contribution in [0.15, 0.2) is 48.5 Å². The molecule has 0 spiro atoms. The Bertz CT molecular complexity index is 820. The highest BCUT2D eigenvalue weighted by atomic mass is 16.7. The standard InChI is InChI=1S/C19H15NO4/c1-2-10-22-16-5-3-4-15(12-16)20-19(21)9-7-14-6-8-17-18(11-14)24-13-23-17/h1,3-9,11-12H,10,13H2,(H,20,21). The van der Waals surface area contributed by atoms with E-state index in [0.717, 1.165) is 5.56 Å². The maximum Gasteiger partial charge on any atom is 0.248 e. The molecule has 0 radical (unpaired) electrons. The van der Waals surface area contributed by atoms with Gasteiger partial charge in [0.25, 0.3) is 0 Å². The number of benzene rings is 2. The average molecular weight is 321 g/mol. The topological polar surface area (TPSA) is 56.8 Å². The monoisotopic (exact) mass is 321 g/mol. The van der Waals surface area contributed by atoms with E-state index in [1.165, 1.54) is 6.08 Å². The molecule has 1 aliphatic heterocycles. The van der Waals surface area contributed by atoms with Crippen molar-refractivity contribution in [3.63, 3.8) is 0 Å². The summed E-state index contributed by atoms with van der Waals surface area (Å²) in [5, 5.41) is 2.77. The first-order valence-corrected chi connectivity index (χ1v) is 7.29. The van der Waals surface area contributed by atoms with E-state index in [9.17, 15) is 4.79 Å². The van der Waals surface area contributed by atoms with Gasteiger partial charge in [0.05, 0.1) is 0 Å². The number of nitrogens with one attached hydrogen (secondary N) is 1. The van der Waals surface area contributed by atoms with Crippen LogP contribution in [0.5, 0.6) is 17.2 Å². The molecule has 0 saturated carbocycles. The molecule has 2 aromatic rings. The van der Waals surface area contributed by atoms with Gasteiger partial charge in [0.15, 0.2) is 11.5 Å². The normalized spacial score (nSPS) is 12.0. The maximum absolute atomic E-state index is 12.0. The molecule has 0 bridgehead atoms. The van der Waals surface area contributed by atoms with Crippen molar-refractivity contribution in [3.8, 4) is 29.6 Å². The molecule has 24 heavy (non-hydrogen) atoms. The lowest BCUT2D eigenvalue weighted by Gasteiger charge is -2.06. The molecule has 0 unspecified atom stereocenters. The molecule has 120 valence electrons. The van der Waals surface area contributed by atoms with Gasteiger partial charge in [-0.3, -0.25) is 4.79 Å². The van der Waals surface area contributed by atoms with Crippen LogP contribution in [-0.2, 0) is 4.79 Å². The second-order valence-electron chi connectivity index (χ2n) is 4.96. The minimum atomic E-state index is -0.248. The van der Waals surface area contributed by atoms with Gasteiger partial charge in [-0.1, -0.05) is 18.1 Å². The summed E-state index contributed by atoms with van der Waals surface area (Å²) < 4.78 is 15.9. The van der Waals surface area contributed by atoms with Crippen molar-refractivity contribution in [3.05, 3.63) is 54.1 Å². The Hall–Kier alpha value is -3.39. The molecular formula is C19H15NO4. The van der Waals surface area contributed by atoms with Gasteiger partial charge in [-0.2, -0.15) is 0 Å². The van der Waals surface area contributed by atoms with Crippen LogP contribution in [0.25, 0.3) is 6.08 Å². The molecule has 5 nitrogen and oxygen atoms in total. The molecule has 1 N–H and O–H groups in total. The number of carbonyl (C=O) groups excluding carboxylic acids is 1. The van der Waals surface area contributed by atoms with E-state index in [4.69, 9.17) is 20.6 Å². The van der Waals surface area contributed by atoms with Gasteiger partial charge in [-0.05, 0) is 35.9 Å². The molecule has 2 aromatic carbocycles. The highest BCUT2D eigenvalue weighted by molar-refractivity contribution is 6.02. The quantitative estimate of drug-likeness (QED) is 0.679. The number of ether oxygens (including phenoxy) is 3. The molecule has 3 rings (SSSR count). The predicted molar refractivity (Wildman–Crippen MR) is 91.0 cm³/mol. The summed E-state index contributed by atoms with van der Waals surface area (Å²) in [6.45, 7) is 0.405. The first-order valence-electron chi connectivity index (χ1n) is 7.29. The number of amides is 1. The number of anilines is 1. The first-order chi connectivity index (χ1) is 11.7. The zero-order valence-electron chi connectivity index (χ0n) is 12.8. The summed E-state index contributed by atoms with van der Waals surface area (Å²) in [6.07, 6.45) is 8.31. The first kappa shape index (κ1) is 15.5. The van der Waals surface area contributed by atoms with Crippen molar-refractivity contribution in [2.24, 2.45) is 0 Å². The van der Waals surface area contributed by atoms with Crippen LogP contribution in [0.4, 0.5) is 5.69 Å². The van der Waals surface area contributed by atoms with E-state index >= 15 is 0 Å². The Morgan fingerprint density at radius 1 is 1.25 bits per heavy atom. The smallest absolute Gasteiger partial charge is 0.248 e. The van der Waals surface area contributed by atoms with Gasteiger partial charge in [-0.15, -0.1) is 6.42 Å². The van der Waals surface area contributed by atoms with Crippen molar-refractivity contribution in [1.29, 1.82) is 0 Å². The van der Waals surface area contributed by atoms with Crippen LogP contribution in [0.2, 0.25) is 0 Å². The van der Waals surface area contributed by atoms with Crippen LogP contribution in [0.1, 0.15) is 5.56 Å². The molecular weight excluding hydrogens is 306 g/mol. The largest absolute Gasteiger partial charge is 0.481 e. The third kappa shape index (κ3) is 3.87. The number of hydrogen-bond acceptors (Lipinski definition) is 4. The van der Waals surface area contributed by atoms with Crippen molar-refractivity contribution in [1.82, 2.24) is 0 Å². The molecule has 0 aliphatic carbocycles. The summed E-state index contributed by atoms with van der Waals surface area (Å²) in [5.74, 6) is 4.13. The van der Waals surface area contributed by atoms with E-state index < -0.39 is 0 Å². The van der Waals surface area contributed by atoms with Crippen LogP contribution in [-0.4, -0.2) is 19.3 Å². The molecule has 5 heteroatoms. The molecule has 0 aromatic heterocycles. The lowest BCUT2D eigenvalue weighted by Crippen LogP contribution is -2.07. The summed E-state index contributed by atoms with van der Waals surface area (Å²) in [7, 11) is 0. The fourth-order valence-corrected chi connectivity index (χ4v) is 2.16. The van der Waals surface area contributed by atoms with Crippen LogP contribution < -0.4 is 19.5 Å².